The fraction of sp³-hybridized carbons (Fsp3) is 0. The summed E-state index contributed by atoms with van der Waals surface area (Å²) < 4.78 is 9.41. The van der Waals surface area contributed by atoms with Crippen LogP contribution < -0.4 is 4.74 Å². The van der Waals surface area contributed by atoms with Gasteiger partial charge in [-0.3, -0.25) is 4.98 Å². The summed E-state index contributed by atoms with van der Waals surface area (Å²) in [5.41, 5.74) is 2.39. The largest absolute Gasteiger partial charge is 0.456 e. The maximum absolute atomic E-state index is 6.86. The van der Waals surface area contributed by atoms with Crippen LogP contribution in [0.15, 0.2) is 140 Å². The Bertz CT molecular complexity index is 2450. The first-order valence-corrected chi connectivity index (χ1v) is 14.9. The summed E-state index contributed by atoms with van der Waals surface area (Å²) in [5.74, 6) is 1.69. The Morgan fingerprint density at radius 1 is 0.476 bits per heavy atom. The van der Waals surface area contributed by atoms with Gasteiger partial charge in [0.05, 0.1) is 0 Å². The van der Waals surface area contributed by atoms with E-state index in [0.717, 1.165) is 33.0 Å². The molecular formula is C39H23NOS. The van der Waals surface area contributed by atoms with Gasteiger partial charge in [0.1, 0.15) is 11.5 Å². The number of fused-ring (bicyclic) bond motifs is 8. The van der Waals surface area contributed by atoms with Crippen molar-refractivity contribution < 1.29 is 4.74 Å². The van der Waals surface area contributed by atoms with Gasteiger partial charge in [-0.05, 0) is 74.5 Å². The van der Waals surface area contributed by atoms with Crippen LogP contribution in [-0.4, -0.2) is 4.98 Å². The van der Waals surface area contributed by atoms with Crippen LogP contribution in [-0.2, 0) is 0 Å². The lowest BCUT2D eigenvalue weighted by Crippen LogP contribution is -1.93. The molecule has 9 rings (SSSR count). The third-order valence-electron chi connectivity index (χ3n) is 8.38. The number of ether oxygens (including phenoxy) is 1. The van der Waals surface area contributed by atoms with Crippen molar-refractivity contribution in [3.8, 4) is 22.6 Å². The summed E-state index contributed by atoms with van der Waals surface area (Å²) >= 11 is 1.82. The van der Waals surface area contributed by atoms with Crippen LogP contribution in [0, 0.1) is 0 Å². The van der Waals surface area contributed by atoms with Crippen molar-refractivity contribution in [2.45, 2.75) is 0 Å². The average Bonchev–Trinajstić information content (AvgIpc) is 3.42. The molecule has 0 bridgehead atoms. The standard InChI is InChI=1S/C39H23NOS/c1-2-10-26-24(9-1)21-34(28-12-4-3-11-27(26)28)38-30-14-5-6-15-31(30)39(32-19-20-40-23-35(32)38)41-25-17-18-37-33(22-25)29-13-7-8-16-36(29)42-37/h1-23H. The highest BCUT2D eigenvalue weighted by Gasteiger charge is 2.19. The predicted molar refractivity (Wildman–Crippen MR) is 179 cm³/mol. The fourth-order valence-corrected chi connectivity index (χ4v) is 7.62. The van der Waals surface area contributed by atoms with E-state index in [1.54, 1.807) is 0 Å². The Kier molecular flexibility index (Phi) is 5.10. The number of hydrogen-bond acceptors (Lipinski definition) is 3. The summed E-state index contributed by atoms with van der Waals surface area (Å²) in [6, 6.07) is 45.4. The normalized spacial score (nSPS) is 11.8. The number of thiophene rings is 1. The van der Waals surface area contributed by atoms with Gasteiger partial charge in [-0.25, -0.2) is 0 Å². The zero-order valence-electron chi connectivity index (χ0n) is 22.5. The molecule has 0 saturated heterocycles. The minimum atomic E-state index is 0.832. The first-order chi connectivity index (χ1) is 20.8. The van der Waals surface area contributed by atoms with Crippen LogP contribution >= 0.6 is 11.3 Å². The van der Waals surface area contributed by atoms with Crippen LogP contribution in [0.25, 0.3) is 74.4 Å². The second kappa shape index (κ2) is 9.13. The number of nitrogens with zero attached hydrogens (tertiary/aromatic N) is 1. The van der Waals surface area contributed by atoms with Gasteiger partial charge in [-0.2, -0.15) is 0 Å². The van der Waals surface area contributed by atoms with E-state index in [9.17, 15) is 0 Å². The molecule has 2 aromatic heterocycles. The van der Waals surface area contributed by atoms with Gasteiger partial charge in [-0.15, -0.1) is 11.3 Å². The minimum Gasteiger partial charge on any atom is -0.456 e. The molecule has 3 heteroatoms. The molecule has 2 heterocycles. The zero-order chi connectivity index (χ0) is 27.6. The molecule has 9 aromatic rings. The molecule has 0 aliphatic heterocycles. The molecule has 0 atom stereocenters. The van der Waals surface area contributed by atoms with Crippen molar-refractivity contribution in [2.75, 3.05) is 0 Å². The van der Waals surface area contributed by atoms with Gasteiger partial charge < -0.3 is 4.74 Å². The van der Waals surface area contributed by atoms with Crippen molar-refractivity contribution in [1.29, 1.82) is 0 Å². The van der Waals surface area contributed by atoms with Gasteiger partial charge >= 0.3 is 0 Å². The Labute approximate surface area is 246 Å². The number of rotatable bonds is 3. The molecule has 0 fully saturated rings. The maximum Gasteiger partial charge on any atom is 0.143 e. The van der Waals surface area contributed by atoms with E-state index in [1.165, 1.54) is 52.8 Å². The van der Waals surface area contributed by atoms with Crippen LogP contribution in [0.1, 0.15) is 0 Å². The van der Waals surface area contributed by atoms with E-state index in [0.29, 0.717) is 0 Å². The molecule has 2 nitrogen and oxygen atoms in total. The molecule has 0 N–H and O–H groups in total. The van der Waals surface area contributed by atoms with Crippen LogP contribution in [0.3, 0.4) is 0 Å². The summed E-state index contributed by atoms with van der Waals surface area (Å²) in [4.78, 5) is 4.61. The van der Waals surface area contributed by atoms with Gasteiger partial charge in [-0.1, -0.05) is 91.0 Å². The van der Waals surface area contributed by atoms with Crippen LogP contribution in [0.5, 0.6) is 11.5 Å². The molecule has 42 heavy (non-hydrogen) atoms. The predicted octanol–water partition coefficient (Wildman–Crippen LogP) is 11.5. The van der Waals surface area contributed by atoms with Crippen molar-refractivity contribution in [1.82, 2.24) is 4.98 Å². The Hall–Kier alpha value is -5.25. The van der Waals surface area contributed by atoms with Crippen LogP contribution in [0.2, 0.25) is 0 Å². The molecule has 0 radical (unpaired) electrons. The van der Waals surface area contributed by atoms with Gasteiger partial charge in [0.25, 0.3) is 0 Å². The van der Waals surface area contributed by atoms with Crippen molar-refractivity contribution in [2.24, 2.45) is 0 Å². The van der Waals surface area contributed by atoms with Crippen LogP contribution in [0.4, 0.5) is 0 Å². The zero-order valence-corrected chi connectivity index (χ0v) is 23.4. The molecule has 196 valence electrons. The smallest absolute Gasteiger partial charge is 0.143 e. The van der Waals surface area contributed by atoms with E-state index >= 15 is 0 Å². The minimum absolute atomic E-state index is 0.832. The SMILES string of the molecule is c1ccc2c(c1)cc(-c1c3ccccc3c(Oc3ccc4sc5ccccc5c4c3)c3ccncc13)c1ccccc12. The molecule has 0 saturated carbocycles. The highest BCUT2D eigenvalue weighted by atomic mass is 32.1. The lowest BCUT2D eigenvalue weighted by atomic mass is 9.87. The first-order valence-electron chi connectivity index (χ1n) is 14.1. The molecule has 0 aliphatic rings. The van der Waals surface area contributed by atoms with Gasteiger partial charge in [0, 0.05) is 48.7 Å². The lowest BCUT2D eigenvalue weighted by molar-refractivity contribution is 0.494. The summed E-state index contributed by atoms with van der Waals surface area (Å²) in [7, 11) is 0. The van der Waals surface area contributed by atoms with E-state index in [-0.39, 0.29) is 0 Å². The third kappa shape index (κ3) is 3.47. The number of hydrogen-bond donors (Lipinski definition) is 0. The van der Waals surface area contributed by atoms with Crippen molar-refractivity contribution >= 4 is 74.6 Å². The fourth-order valence-electron chi connectivity index (χ4n) is 6.53. The van der Waals surface area contributed by atoms with Gasteiger partial charge in [0.15, 0.2) is 0 Å². The second-order valence-corrected chi connectivity index (χ2v) is 11.8. The molecule has 7 aromatic carbocycles. The molecule has 0 spiro atoms. The lowest BCUT2D eigenvalue weighted by Gasteiger charge is -2.19. The number of aromatic nitrogens is 1. The Balaban J connectivity index is 1.34. The monoisotopic (exact) mass is 553 g/mol. The van der Waals surface area contributed by atoms with Crippen molar-refractivity contribution in [3.05, 3.63) is 140 Å². The van der Waals surface area contributed by atoms with Gasteiger partial charge in [0.2, 0.25) is 0 Å². The number of benzene rings is 7. The second-order valence-electron chi connectivity index (χ2n) is 10.7. The highest BCUT2D eigenvalue weighted by molar-refractivity contribution is 7.25. The summed E-state index contributed by atoms with van der Waals surface area (Å²) in [5, 5.41) is 11.8. The molecule has 0 amide bonds. The van der Waals surface area contributed by atoms with E-state index in [1.807, 2.05) is 23.7 Å². The quantitative estimate of drug-likeness (QED) is 0.160. The molecule has 0 unspecified atom stereocenters. The van der Waals surface area contributed by atoms with E-state index in [4.69, 9.17) is 4.74 Å². The summed E-state index contributed by atoms with van der Waals surface area (Å²) in [6.45, 7) is 0. The first kappa shape index (κ1) is 23.5. The average molecular weight is 554 g/mol. The maximum atomic E-state index is 6.86. The molecular weight excluding hydrogens is 531 g/mol. The molecule has 0 aliphatic carbocycles. The van der Waals surface area contributed by atoms with E-state index < -0.39 is 0 Å². The topological polar surface area (TPSA) is 22.1 Å². The third-order valence-corrected chi connectivity index (χ3v) is 9.53. The Morgan fingerprint density at radius 3 is 2.02 bits per heavy atom. The van der Waals surface area contributed by atoms with Crippen molar-refractivity contribution in [3.63, 3.8) is 0 Å². The van der Waals surface area contributed by atoms with E-state index in [2.05, 4.69) is 132 Å². The highest BCUT2D eigenvalue weighted by Crippen LogP contribution is 2.47. The summed E-state index contributed by atoms with van der Waals surface area (Å²) in [6.07, 6.45) is 3.85. The Morgan fingerprint density at radius 2 is 1.14 bits per heavy atom. The number of pyridine rings is 1.